The summed E-state index contributed by atoms with van der Waals surface area (Å²) in [6, 6.07) is -0.641. The molecule has 74 valence electrons. The summed E-state index contributed by atoms with van der Waals surface area (Å²) in [6.07, 6.45) is 2.58. The Balaban J connectivity index is 2.67. The molecule has 1 rings (SSSR count). The molecule has 0 aromatic heterocycles. The van der Waals surface area contributed by atoms with Crippen LogP contribution in [0, 0.1) is 0 Å². The SMILES string of the molecule is CNC(=O)N1CCCCC1C(N)=O. The number of nitrogens with one attached hydrogen (secondary N) is 1. The molecule has 1 aliphatic rings. The molecule has 1 heterocycles. The first-order chi connectivity index (χ1) is 6.16. The normalized spacial score (nSPS) is 22.5. The van der Waals surface area contributed by atoms with Crippen molar-refractivity contribution in [3.05, 3.63) is 0 Å². The maximum atomic E-state index is 11.3. The van der Waals surface area contributed by atoms with E-state index >= 15 is 0 Å². The highest BCUT2D eigenvalue weighted by molar-refractivity contribution is 5.86. The van der Waals surface area contributed by atoms with Crippen LogP contribution in [-0.4, -0.2) is 36.5 Å². The van der Waals surface area contributed by atoms with Gasteiger partial charge in [0.2, 0.25) is 5.91 Å². The first-order valence-electron chi connectivity index (χ1n) is 4.44. The van der Waals surface area contributed by atoms with Gasteiger partial charge in [-0.05, 0) is 19.3 Å². The molecule has 5 heteroatoms. The highest BCUT2D eigenvalue weighted by Gasteiger charge is 2.29. The predicted molar refractivity (Wildman–Crippen MR) is 48.0 cm³/mol. The third-order valence-corrected chi connectivity index (χ3v) is 2.31. The zero-order chi connectivity index (χ0) is 9.84. The second-order valence-corrected chi connectivity index (χ2v) is 3.16. The third-order valence-electron chi connectivity index (χ3n) is 2.31. The molecule has 13 heavy (non-hydrogen) atoms. The first kappa shape index (κ1) is 9.83. The van der Waals surface area contributed by atoms with Crippen molar-refractivity contribution < 1.29 is 9.59 Å². The summed E-state index contributed by atoms with van der Waals surface area (Å²) in [7, 11) is 1.55. The number of hydrogen-bond acceptors (Lipinski definition) is 2. The Morgan fingerprint density at radius 3 is 2.69 bits per heavy atom. The van der Waals surface area contributed by atoms with E-state index in [0.717, 1.165) is 12.8 Å². The van der Waals surface area contributed by atoms with Crippen molar-refractivity contribution >= 4 is 11.9 Å². The lowest BCUT2D eigenvalue weighted by Crippen LogP contribution is -2.53. The quantitative estimate of drug-likeness (QED) is 0.586. The lowest BCUT2D eigenvalue weighted by molar-refractivity contribution is -0.123. The lowest BCUT2D eigenvalue weighted by atomic mass is 10.0. The Morgan fingerprint density at radius 2 is 2.15 bits per heavy atom. The average Bonchev–Trinajstić information content (AvgIpc) is 2.16. The van der Waals surface area contributed by atoms with E-state index in [-0.39, 0.29) is 6.03 Å². The van der Waals surface area contributed by atoms with Gasteiger partial charge >= 0.3 is 6.03 Å². The van der Waals surface area contributed by atoms with Crippen molar-refractivity contribution in [3.63, 3.8) is 0 Å². The molecule has 1 atom stereocenters. The summed E-state index contributed by atoms with van der Waals surface area (Å²) in [4.78, 5) is 23.8. The highest BCUT2D eigenvalue weighted by Crippen LogP contribution is 2.16. The second kappa shape index (κ2) is 4.11. The van der Waals surface area contributed by atoms with Crippen molar-refractivity contribution in [2.75, 3.05) is 13.6 Å². The topological polar surface area (TPSA) is 75.4 Å². The largest absolute Gasteiger partial charge is 0.368 e. The number of amides is 3. The van der Waals surface area contributed by atoms with Crippen LogP contribution in [0.3, 0.4) is 0 Å². The number of hydrogen-bond donors (Lipinski definition) is 2. The molecule has 5 nitrogen and oxygen atoms in total. The number of rotatable bonds is 1. The number of carbonyl (C=O) groups excluding carboxylic acids is 2. The summed E-state index contributed by atoms with van der Waals surface area (Å²) in [6.45, 7) is 0.618. The standard InChI is InChI=1S/C8H15N3O2/c1-10-8(13)11-5-3-2-4-6(11)7(9)12/h6H,2-5H2,1H3,(H2,9,12)(H,10,13). The monoisotopic (exact) mass is 185 g/mol. The summed E-state index contributed by atoms with van der Waals surface area (Å²) >= 11 is 0. The molecule has 0 aromatic carbocycles. The van der Waals surface area contributed by atoms with Crippen LogP contribution in [-0.2, 0) is 4.79 Å². The van der Waals surface area contributed by atoms with Gasteiger partial charge in [0.15, 0.2) is 0 Å². The summed E-state index contributed by atoms with van der Waals surface area (Å²) < 4.78 is 0. The smallest absolute Gasteiger partial charge is 0.317 e. The van der Waals surface area contributed by atoms with E-state index in [1.54, 1.807) is 7.05 Å². The van der Waals surface area contributed by atoms with Gasteiger partial charge < -0.3 is 16.0 Å². The number of nitrogens with zero attached hydrogens (tertiary/aromatic N) is 1. The molecule has 0 aromatic rings. The number of primary amides is 1. The summed E-state index contributed by atoms with van der Waals surface area (Å²) in [5.41, 5.74) is 5.19. The minimum atomic E-state index is -0.423. The number of carbonyl (C=O) groups is 2. The molecule has 1 aliphatic heterocycles. The summed E-state index contributed by atoms with van der Waals surface area (Å²) in [5, 5.41) is 2.50. The van der Waals surface area contributed by atoms with Crippen LogP contribution in [0.1, 0.15) is 19.3 Å². The van der Waals surface area contributed by atoms with E-state index in [4.69, 9.17) is 5.73 Å². The van der Waals surface area contributed by atoms with E-state index in [2.05, 4.69) is 5.32 Å². The van der Waals surface area contributed by atoms with Crippen LogP contribution in [0.2, 0.25) is 0 Å². The first-order valence-corrected chi connectivity index (χ1v) is 4.44. The van der Waals surface area contributed by atoms with Crippen LogP contribution in [0.4, 0.5) is 4.79 Å². The van der Waals surface area contributed by atoms with Crippen molar-refractivity contribution in [3.8, 4) is 0 Å². The fraction of sp³-hybridized carbons (Fsp3) is 0.750. The molecular formula is C8H15N3O2. The summed E-state index contributed by atoms with van der Waals surface area (Å²) in [5.74, 6) is -0.414. The Kier molecular flexibility index (Phi) is 3.11. The molecule has 1 unspecified atom stereocenters. The Labute approximate surface area is 77.3 Å². The molecule has 0 bridgehead atoms. The number of urea groups is 1. The molecule has 0 saturated carbocycles. The van der Waals surface area contributed by atoms with E-state index < -0.39 is 11.9 Å². The fourth-order valence-electron chi connectivity index (χ4n) is 1.61. The van der Waals surface area contributed by atoms with Crippen LogP contribution in [0.15, 0.2) is 0 Å². The van der Waals surface area contributed by atoms with Crippen molar-refractivity contribution in [2.45, 2.75) is 25.3 Å². The molecular weight excluding hydrogens is 170 g/mol. The zero-order valence-corrected chi connectivity index (χ0v) is 7.75. The Hall–Kier alpha value is -1.26. The van der Waals surface area contributed by atoms with Crippen LogP contribution in [0.25, 0.3) is 0 Å². The van der Waals surface area contributed by atoms with E-state index in [0.29, 0.717) is 13.0 Å². The molecule has 3 N–H and O–H groups in total. The minimum Gasteiger partial charge on any atom is -0.368 e. The van der Waals surface area contributed by atoms with Gasteiger partial charge in [0, 0.05) is 13.6 Å². The van der Waals surface area contributed by atoms with Gasteiger partial charge in [-0.2, -0.15) is 0 Å². The zero-order valence-electron chi connectivity index (χ0n) is 7.75. The Bertz CT molecular complexity index is 217. The number of piperidine rings is 1. The van der Waals surface area contributed by atoms with Gasteiger partial charge in [0.1, 0.15) is 6.04 Å². The van der Waals surface area contributed by atoms with Crippen LogP contribution in [0.5, 0.6) is 0 Å². The highest BCUT2D eigenvalue weighted by atomic mass is 16.2. The van der Waals surface area contributed by atoms with Gasteiger partial charge in [0.05, 0.1) is 0 Å². The number of nitrogens with two attached hydrogens (primary N) is 1. The lowest BCUT2D eigenvalue weighted by Gasteiger charge is -2.33. The third kappa shape index (κ3) is 2.11. The van der Waals surface area contributed by atoms with Gasteiger partial charge in [-0.1, -0.05) is 0 Å². The predicted octanol–water partition coefficient (Wildman–Crippen LogP) is -0.334. The van der Waals surface area contributed by atoms with Gasteiger partial charge in [-0.3, -0.25) is 4.79 Å². The second-order valence-electron chi connectivity index (χ2n) is 3.16. The molecule has 3 amide bonds. The maximum Gasteiger partial charge on any atom is 0.317 e. The van der Waals surface area contributed by atoms with E-state index in [1.807, 2.05) is 0 Å². The minimum absolute atomic E-state index is 0.219. The van der Waals surface area contributed by atoms with Gasteiger partial charge in [0.25, 0.3) is 0 Å². The fourth-order valence-corrected chi connectivity index (χ4v) is 1.61. The van der Waals surface area contributed by atoms with Crippen molar-refractivity contribution in [1.82, 2.24) is 10.2 Å². The van der Waals surface area contributed by atoms with Gasteiger partial charge in [-0.15, -0.1) is 0 Å². The Morgan fingerprint density at radius 1 is 1.46 bits per heavy atom. The average molecular weight is 185 g/mol. The molecule has 0 spiro atoms. The number of likely N-dealkylation sites (tertiary alicyclic amines) is 1. The van der Waals surface area contributed by atoms with Gasteiger partial charge in [-0.25, -0.2) is 4.79 Å². The molecule has 0 aliphatic carbocycles. The molecule has 1 saturated heterocycles. The van der Waals surface area contributed by atoms with Crippen LogP contribution >= 0.6 is 0 Å². The van der Waals surface area contributed by atoms with E-state index in [1.165, 1.54) is 4.90 Å². The van der Waals surface area contributed by atoms with Crippen molar-refractivity contribution in [2.24, 2.45) is 5.73 Å². The molecule has 0 radical (unpaired) electrons. The molecule has 1 fully saturated rings. The van der Waals surface area contributed by atoms with Crippen molar-refractivity contribution in [1.29, 1.82) is 0 Å². The maximum absolute atomic E-state index is 11.3. The van der Waals surface area contributed by atoms with E-state index in [9.17, 15) is 9.59 Å². The van der Waals surface area contributed by atoms with Crippen LogP contribution < -0.4 is 11.1 Å².